The maximum absolute atomic E-state index is 12.7. The largest absolute Gasteiger partial charge is 0.280 e. The number of rotatable bonds is 5. The molecule has 0 bridgehead atoms. The lowest BCUT2D eigenvalue weighted by Crippen LogP contribution is -2.16. The Hall–Kier alpha value is -3.25. The molecule has 0 amide bonds. The van der Waals surface area contributed by atoms with Crippen molar-refractivity contribution in [1.82, 2.24) is 20.2 Å². The molecule has 0 saturated carbocycles. The molecule has 0 saturated heterocycles. The summed E-state index contributed by atoms with van der Waals surface area (Å²) in [5.74, 6) is 0. The molecule has 9 heteroatoms. The topological polar surface area (TPSA) is 114 Å². The Morgan fingerprint density at radius 3 is 2.62 bits per heavy atom. The van der Waals surface area contributed by atoms with Crippen molar-refractivity contribution in [1.29, 1.82) is 5.26 Å². The number of nitriles is 1. The number of hydrogen-bond donors (Lipinski definition) is 1. The van der Waals surface area contributed by atoms with E-state index in [9.17, 15) is 13.7 Å². The van der Waals surface area contributed by atoms with E-state index in [2.05, 4.69) is 26.3 Å². The Labute approximate surface area is 151 Å². The third-order valence-electron chi connectivity index (χ3n) is 3.86. The lowest BCUT2D eigenvalue weighted by Gasteiger charge is -2.17. The molecule has 0 aliphatic rings. The molecule has 0 radical (unpaired) electrons. The smallest absolute Gasteiger partial charge is 0.261 e. The van der Waals surface area contributed by atoms with Crippen molar-refractivity contribution in [3.8, 4) is 11.8 Å². The number of sulfonamides is 1. The third-order valence-corrected chi connectivity index (χ3v) is 5.24. The van der Waals surface area contributed by atoms with Gasteiger partial charge in [-0.1, -0.05) is 18.2 Å². The minimum absolute atomic E-state index is 0.0791. The van der Waals surface area contributed by atoms with Gasteiger partial charge in [-0.15, -0.1) is 5.10 Å². The number of tetrazole rings is 1. The highest BCUT2D eigenvalue weighted by molar-refractivity contribution is 7.92. The summed E-state index contributed by atoms with van der Waals surface area (Å²) in [6, 6.07) is 15.3. The summed E-state index contributed by atoms with van der Waals surface area (Å²) in [6.07, 6.45) is 1.38. The molecule has 2 aromatic carbocycles. The van der Waals surface area contributed by atoms with E-state index < -0.39 is 15.4 Å². The second-order valence-corrected chi connectivity index (χ2v) is 7.86. The molecule has 0 spiro atoms. The van der Waals surface area contributed by atoms with Gasteiger partial charge in [0.1, 0.15) is 6.33 Å². The van der Waals surface area contributed by atoms with Crippen LogP contribution in [-0.4, -0.2) is 28.6 Å². The lowest BCUT2D eigenvalue weighted by atomic mass is 9.86. The van der Waals surface area contributed by atoms with Crippen molar-refractivity contribution < 1.29 is 8.42 Å². The van der Waals surface area contributed by atoms with Crippen LogP contribution in [0.3, 0.4) is 0 Å². The van der Waals surface area contributed by atoms with E-state index in [4.69, 9.17) is 0 Å². The van der Waals surface area contributed by atoms with Gasteiger partial charge in [0, 0.05) is 5.69 Å². The highest BCUT2D eigenvalue weighted by Gasteiger charge is 2.21. The van der Waals surface area contributed by atoms with Crippen molar-refractivity contribution in [3.05, 3.63) is 60.4 Å². The SMILES string of the molecule is CC(C)(C#N)c1cccc(NS(=O)(=O)c2cccc(-n3cnnn3)c2)c1. The molecule has 1 N–H and O–H groups in total. The van der Waals surface area contributed by atoms with Crippen LogP contribution in [0, 0.1) is 11.3 Å². The second-order valence-electron chi connectivity index (χ2n) is 6.17. The van der Waals surface area contributed by atoms with Crippen LogP contribution in [0.4, 0.5) is 5.69 Å². The van der Waals surface area contributed by atoms with Crippen LogP contribution in [0.5, 0.6) is 0 Å². The van der Waals surface area contributed by atoms with Crippen LogP contribution in [0.2, 0.25) is 0 Å². The number of nitrogens with zero attached hydrogens (tertiary/aromatic N) is 5. The van der Waals surface area contributed by atoms with Gasteiger partial charge in [0.2, 0.25) is 0 Å². The maximum Gasteiger partial charge on any atom is 0.261 e. The summed E-state index contributed by atoms with van der Waals surface area (Å²) in [7, 11) is -3.81. The first kappa shape index (κ1) is 17.6. The normalized spacial score (nSPS) is 11.7. The highest BCUT2D eigenvalue weighted by atomic mass is 32.2. The van der Waals surface area contributed by atoms with Gasteiger partial charge in [-0.05, 0) is 60.2 Å². The summed E-state index contributed by atoms with van der Waals surface area (Å²) in [5.41, 5.74) is 0.917. The molecule has 26 heavy (non-hydrogen) atoms. The van der Waals surface area contributed by atoms with Crippen molar-refractivity contribution in [3.63, 3.8) is 0 Å². The standard InChI is InChI=1S/C17H16N6O2S/c1-17(2,11-18)13-5-3-6-14(9-13)20-26(24,25)16-8-4-7-15(10-16)23-12-19-21-22-23/h3-10,12,20H,1-2H3. The van der Waals surface area contributed by atoms with Gasteiger partial charge < -0.3 is 0 Å². The summed E-state index contributed by atoms with van der Waals surface area (Å²) in [4.78, 5) is 0.0791. The summed E-state index contributed by atoms with van der Waals surface area (Å²) in [6.45, 7) is 3.55. The van der Waals surface area contributed by atoms with E-state index in [1.165, 1.54) is 23.1 Å². The molecule has 0 aliphatic carbocycles. The van der Waals surface area contributed by atoms with Crippen LogP contribution < -0.4 is 4.72 Å². The predicted molar refractivity (Wildman–Crippen MR) is 95.0 cm³/mol. The number of nitrogens with one attached hydrogen (secondary N) is 1. The van der Waals surface area contributed by atoms with E-state index in [-0.39, 0.29) is 4.90 Å². The predicted octanol–water partition coefficient (Wildman–Crippen LogP) is 2.26. The fourth-order valence-corrected chi connectivity index (χ4v) is 3.41. The molecule has 3 aromatic rings. The van der Waals surface area contributed by atoms with Gasteiger partial charge in [0.25, 0.3) is 10.0 Å². The Morgan fingerprint density at radius 1 is 1.15 bits per heavy atom. The first-order valence-corrected chi connectivity index (χ1v) is 9.18. The van der Waals surface area contributed by atoms with E-state index in [0.717, 1.165) is 5.56 Å². The van der Waals surface area contributed by atoms with E-state index in [1.807, 2.05) is 0 Å². The monoisotopic (exact) mass is 368 g/mol. The molecule has 0 fully saturated rings. The third kappa shape index (κ3) is 3.55. The zero-order valence-electron chi connectivity index (χ0n) is 14.2. The fourth-order valence-electron chi connectivity index (χ4n) is 2.32. The number of anilines is 1. The van der Waals surface area contributed by atoms with Gasteiger partial charge in [0.15, 0.2) is 0 Å². The van der Waals surface area contributed by atoms with Gasteiger partial charge in [0.05, 0.1) is 22.1 Å². The first-order valence-electron chi connectivity index (χ1n) is 7.70. The Bertz CT molecular complexity index is 1070. The van der Waals surface area contributed by atoms with Crippen LogP contribution in [-0.2, 0) is 15.4 Å². The molecular weight excluding hydrogens is 352 g/mol. The summed E-state index contributed by atoms with van der Waals surface area (Å²) in [5, 5.41) is 20.1. The molecule has 0 unspecified atom stereocenters. The van der Waals surface area contributed by atoms with E-state index in [0.29, 0.717) is 11.4 Å². The van der Waals surface area contributed by atoms with Crippen molar-refractivity contribution >= 4 is 15.7 Å². The molecule has 0 atom stereocenters. The molecule has 1 heterocycles. The minimum Gasteiger partial charge on any atom is -0.280 e. The van der Waals surface area contributed by atoms with E-state index in [1.54, 1.807) is 50.2 Å². The van der Waals surface area contributed by atoms with Crippen molar-refractivity contribution in [2.45, 2.75) is 24.2 Å². The Kier molecular flexibility index (Phi) is 4.44. The number of benzene rings is 2. The summed E-state index contributed by atoms with van der Waals surface area (Å²) >= 11 is 0. The van der Waals surface area contributed by atoms with Crippen LogP contribution in [0.25, 0.3) is 5.69 Å². The maximum atomic E-state index is 12.7. The molecular formula is C17H16N6O2S. The van der Waals surface area contributed by atoms with E-state index >= 15 is 0 Å². The lowest BCUT2D eigenvalue weighted by molar-refractivity contribution is 0.601. The molecule has 3 rings (SSSR count). The van der Waals surface area contributed by atoms with Crippen LogP contribution in [0.1, 0.15) is 19.4 Å². The van der Waals surface area contributed by atoms with Crippen molar-refractivity contribution in [2.75, 3.05) is 4.72 Å². The number of aromatic nitrogens is 4. The average molecular weight is 368 g/mol. The van der Waals surface area contributed by atoms with Crippen LogP contribution >= 0.6 is 0 Å². The van der Waals surface area contributed by atoms with Crippen LogP contribution in [0.15, 0.2) is 59.8 Å². The first-order chi connectivity index (χ1) is 12.3. The molecule has 0 aliphatic heterocycles. The molecule has 132 valence electrons. The fraction of sp³-hybridized carbons (Fsp3) is 0.176. The minimum atomic E-state index is -3.81. The van der Waals surface area contributed by atoms with Crippen molar-refractivity contribution in [2.24, 2.45) is 0 Å². The second kappa shape index (κ2) is 6.57. The molecule has 1 aromatic heterocycles. The van der Waals surface area contributed by atoms with Gasteiger partial charge in [-0.3, -0.25) is 4.72 Å². The number of hydrogen-bond acceptors (Lipinski definition) is 6. The zero-order chi connectivity index (χ0) is 18.8. The summed E-state index contributed by atoms with van der Waals surface area (Å²) < 4.78 is 29.3. The average Bonchev–Trinajstić information content (AvgIpc) is 3.16. The molecule has 8 nitrogen and oxygen atoms in total. The highest BCUT2D eigenvalue weighted by Crippen LogP contribution is 2.26. The van der Waals surface area contributed by atoms with Gasteiger partial charge >= 0.3 is 0 Å². The zero-order valence-corrected chi connectivity index (χ0v) is 15.0. The Balaban J connectivity index is 1.92. The quantitative estimate of drug-likeness (QED) is 0.739. The van der Waals surface area contributed by atoms with Gasteiger partial charge in [-0.25, -0.2) is 13.1 Å². The Morgan fingerprint density at radius 2 is 1.92 bits per heavy atom. The van der Waals surface area contributed by atoms with Gasteiger partial charge in [-0.2, -0.15) is 5.26 Å².